The zero-order valence-electron chi connectivity index (χ0n) is 14.2. The highest BCUT2D eigenvalue weighted by molar-refractivity contribution is 4.93. The molecule has 3 unspecified atom stereocenters. The van der Waals surface area contributed by atoms with E-state index in [4.69, 9.17) is 9.47 Å². The van der Waals surface area contributed by atoms with Gasteiger partial charge in [0.1, 0.15) is 0 Å². The van der Waals surface area contributed by atoms with E-state index in [1.165, 1.54) is 51.4 Å². The Morgan fingerprint density at radius 3 is 2.76 bits per heavy atom. The van der Waals surface area contributed by atoms with Crippen molar-refractivity contribution in [1.82, 2.24) is 5.32 Å². The van der Waals surface area contributed by atoms with Gasteiger partial charge in [0.05, 0.1) is 12.2 Å². The lowest BCUT2D eigenvalue weighted by Gasteiger charge is -2.40. The molecule has 0 amide bonds. The maximum absolute atomic E-state index is 6.10. The molecule has 124 valence electrons. The lowest BCUT2D eigenvalue weighted by atomic mass is 9.79. The second kappa shape index (κ2) is 9.12. The molecule has 0 aromatic carbocycles. The van der Waals surface area contributed by atoms with Crippen molar-refractivity contribution in [2.75, 3.05) is 26.4 Å². The first-order chi connectivity index (χ1) is 10.3. The summed E-state index contributed by atoms with van der Waals surface area (Å²) in [6.45, 7) is 8.33. The Bertz CT molecular complexity index is 276. The summed E-state index contributed by atoms with van der Waals surface area (Å²) in [5.74, 6) is 0.772. The summed E-state index contributed by atoms with van der Waals surface area (Å²) >= 11 is 0. The third-order valence-electron chi connectivity index (χ3n) is 5.19. The molecule has 2 fully saturated rings. The predicted molar refractivity (Wildman–Crippen MR) is 87.7 cm³/mol. The van der Waals surface area contributed by atoms with Crippen LogP contribution in [0.25, 0.3) is 0 Å². The maximum Gasteiger partial charge on any atom is 0.0939 e. The number of hydrogen-bond acceptors (Lipinski definition) is 3. The van der Waals surface area contributed by atoms with Crippen molar-refractivity contribution < 1.29 is 9.47 Å². The van der Waals surface area contributed by atoms with E-state index in [2.05, 4.69) is 19.2 Å². The first-order valence-corrected chi connectivity index (χ1v) is 9.25. The van der Waals surface area contributed by atoms with Gasteiger partial charge in [-0.05, 0) is 38.1 Å². The molecule has 1 N–H and O–H groups in total. The molecule has 3 atom stereocenters. The molecular weight excluding hydrogens is 262 g/mol. The van der Waals surface area contributed by atoms with Gasteiger partial charge in [0.25, 0.3) is 0 Å². The Morgan fingerprint density at radius 1 is 1.14 bits per heavy atom. The van der Waals surface area contributed by atoms with Crippen molar-refractivity contribution in [3.8, 4) is 0 Å². The molecule has 3 nitrogen and oxygen atoms in total. The molecule has 0 saturated carbocycles. The van der Waals surface area contributed by atoms with Crippen LogP contribution in [0.15, 0.2) is 0 Å². The molecule has 2 heterocycles. The van der Waals surface area contributed by atoms with E-state index in [9.17, 15) is 0 Å². The summed E-state index contributed by atoms with van der Waals surface area (Å²) in [4.78, 5) is 0. The van der Waals surface area contributed by atoms with Gasteiger partial charge in [-0.15, -0.1) is 0 Å². The van der Waals surface area contributed by atoms with Gasteiger partial charge in [0.2, 0.25) is 0 Å². The van der Waals surface area contributed by atoms with Crippen LogP contribution in [0, 0.1) is 5.92 Å². The first kappa shape index (κ1) is 17.2. The van der Waals surface area contributed by atoms with Gasteiger partial charge in [-0.25, -0.2) is 0 Å². The molecule has 0 bridgehead atoms. The van der Waals surface area contributed by atoms with Crippen LogP contribution in [0.5, 0.6) is 0 Å². The Kier molecular flexibility index (Phi) is 7.48. The molecule has 1 spiro atoms. The first-order valence-electron chi connectivity index (χ1n) is 9.25. The van der Waals surface area contributed by atoms with Crippen LogP contribution < -0.4 is 5.32 Å². The number of unbranched alkanes of at least 4 members (excludes halogenated alkanes) is 3. The van der Waals surface area contributed by atoms with Crippen LogP contribution in [0.4, 0.5) is 0 Å². The third kappa shape index (κ3) is 5.22. The minimum absolute atomic E-state index is 0.0540. The van der Waals surface area contributed by atoms with Crippen molar-refractivity contribution in [2.24, 2.45) is 5.92 Å². The molecule has 0 aromatic heterocycles. The van der Waals surface area contributed by atoms with E-state index in [-0.39, 0.29) is 5.60 Å². The monoisotopic (exact) mass is 297 g/mol. The fourth-order valence-electron chi connectivity index (χ4n) is 3.90. The maximum atomic E-state index is 6.10. The molecule has 2 rings (SSSR count). The van der Waals surface area contributed by atoms with Crippen LogP contribution in [0.1, 0.15) is 71.6 Å². The van der Waals surface area contributed by atoms with Gasteiger partial charge in [-0.2, -0.15) is 0 Å². The minimum atomic E-state index is 0.0540. The number of hydrogen-bond donors (Lipinski definition) is 1. The van der Waals surface area contributed by atoms with E-state index in [0.717, 1.165) is 38.7 Å². The molecule has 21 heavy (non-hydrogen) atoms. The van der Waals surface area contributed by atoms with E-state index in [1.807, 2.05) is 0 Å². The molecular formula is C18H35NO2. The van der Waals surface area contributed by atoms with Crippen LogP contribution in [0.2, 0.25) is 0 Å². The Morgan fingerprint density at radius 2 is 2.05 bits per heavy atom. The van der Waals surface area contributed by atoms with E-state index in [0.29, 0.717) is 6.04 Å². The second-order valence-corrected chi connectivity index (χ2v) is 7.00. The number of ether oxygens (including phenoxy) is 2. The summed E-state index contributed by atoms with van der Waals surface area (Å²) in [5, 5.41) is 3.83. The van der Waals surface area contributed by atoms with Gasteiger partial charge in [-0.1, -0.05) is 39.5 Å². The Balaban J connectivity index is 1.85. The highest BCUT2D eigenvalue weighted by atomic mass is 16.6. The second-order valence-electron chi connectivity index (χ2n) is 7.00. The largest absolute Gasteiger partial charge is 0.378 e. The summed E-state index contributed by atoms with van der Waals surface area (Å²) in [5.41, 5.74) is 0.0540. The molecule has 3 heteroatoms. The van der Waals surface area contributed by atoms with E-state index >= 15 is 0 Å². The Hall–Kier alpha value is -0.120. The lowest BCUT2D eigenvalue weighted by molar-refractivity contribution is -0.103. The van der Waals surface area contributed by atoms with E-state index in [1.54, 1.807) is 0 Å². The lowest BCUT2D eigenvalue weighted by Crippen LogP contribution is -2.47. The number of rotatable bonds is 9. The van der Waals surface area contributed by atoms with Crippen molar-refractivity contribution in [1.29, 1.82) is 0 Å². The zero-order chi connectivity index (χ0) is 15.0. The number of nitrogens with one attached hydrogen (secondary N) is 1. The molecule has 0 aliphatic carbocycles. The Labute approximate surface area is 131 Å². The summed E-state index contributed by atoms with van der Waals surface area (Å²) < 4.78 is 11.7. The average molecular weight is 297 g/mol. The summed E-state index contributed by atoms with van der Waals surface area (Å²) in [6, 6.07) is 0.684. The summed E-state index contributed by atoms with van der Waals surface area (Å²) in [6.07, 6.45) is 11.5. The van der Waals surface area contributed by atoms with Crippen molar-refractivity contribution >= 4 is 0 Å². The average Bonchev–Trinajstić information content (AvgIpc) is 2.94. The highest BCUT2D eigenvalue weighted by Gasteiger charge is 2.42. The van der Waals surface area contributed by atoms with Gasteiger partial charge >= 0.3 is 0 Å². The predicted octanol–water partition coefficient (Wildman–Crippen LogP) is 3.91. The van der Waals surface area contributed by atoms with Crippen LogP contribution in [0.3, 0.4) is 0 Å². The molecule has 0 aromatic rings. The van der Waals surface area contributed by atoms with Gasteiger partial charge < -0.3 is 14.8 Å². The zero-order valence-corrected chi connectivity index (χ0v) is 14.2. The van der Waals surface area contributed by atoms with Gasteiger partial charge in [-0.3, -0.25) is 0 Å². The topological polar surface area (TPSA) is 30.5 Å². The van der Waals surface area contributed by atoms with Crippen LogP contribution >= 0.6 is 0 Å². The fraction of sp³-hybridized carbons (Fsp3) is 1.00. The molecule has 2 saturated heterocycles. The summed E-state index contributed by atoms with van der Waals surface area (Å²) in [7, 11) is 0. The highest BCUT2D eigenvalue weighted by Crippen LogP contribution is 2.37. The molecule has 2 aliphatic heterocycles. The smallest absolute Gasteiger partial charge is 0.0939 e. The normalized spacial score (nSPS) is 30.9. The van der Waals surface area contributed by atoms with Crippen molar-refractivity contribution in [2.45, 2.75) is 83.3 Å². The third-order valence-corrected chi connectivity index (χ3v) is 5.19. The standard InChI is InChI=1S/C18H35NO2/c1-3-5-6-7-8-17(19-11-4-2)16-9-12-21-18(14-16)10-13-20-15-18/h16-17,19H,3-15H2,1-2H3. The quantitative estimate of drug-likeness (QED) is 0.655. The van der Waals surface area contributed by atoms with Crippen LogP contribution in [-0.4, -0.2) is 38.0 Å². The SMILES string of the molecule is CCCCCCC(NCCC)C1CCOC2(CCOC2)C1. The van der Waals surface area contributed by atoms with Gasteiger partial charge in [0.15, 0.2) is 0 Å². The van der Waals surface area contributed by atoms with Gasteiger partial charge in [0, 0.05) is 25.7 Å². The van der Waals surface area contributed by atoms with Crippen molar-refractivity contribution in [3.63, 3.8) is 0 Å². The minimum Gasteiger partial charge on any atom is -0.378 e. The van der Waals surface area contributed by atoms with Crippen LogP contribution in [-0.2, 0) is 9.47 Å². The fourth-order valence-corrected chi connectivity index (χ4v) is 3.90. The molecule has 0 radical (unpaired) electrons. The molecule has 2 aliphatic rings. The van der Waals surface area contributed by atoms with E-state index < -0.39 is 0 Å². The van der Waals surface area contributed by atoms with Crippen molar-refractivity contribution in [3.05, 3.63) is 0 Å².